The molecule has 3 N–H and O–H groups in total. The number of phosphoric ester groups is 1. The molecule has 0 amide bonds. The van der Waals surface area contributed by atoms with Gasteiger partial charge >= 0.3 is 19.8 Å². The molecular formula is C50H79O11P. The first-order valence-electron chi connectivity index (χ1n) is 23.0. The monoisotopic (exact) mass is 887 g/mol. The first-order valence-corrected chi connectivity index (χ1v) is 24.5. The average Bonchev–Trinajstić information content (AvgIpc) is 4.02. The summed E-state index contributed by atoms with van der Waals surface area (Å²) in [5, 5.41) is 18.4. The van der Waals surface area contributed by atoms with Gasteiger partial charge in [-0.3, -0.25) is 18.6 Å². The molecule has 0 radical (unpaired) electrons. The van der Waals surface area contributed by atoms with Crippen LogP contribution in [0.5, 0.6) is 0 Å². The Labute approximate surface area is 373 Å². The number of rotatable bonds is 40. The number of aliphatic hydroxyl groups excluding tert-OH is 2. The van der Waals surface area contributed by atoms with Crippen LogP contribution in [0.4, 0.5) is 0 Å². The molecule has 0 aliphatic carbocycles. The van der Waals surface area contributed by atoms with Crippen molar-refractivity contribution in [3.8, 4) is 0 Å². The number of carbonyl (C=O) groups excluding carboxylic acids is 2. The van der Waals surface area contributed by atoms with Crippen LogP contribution in [0.25, 0.3) is 0 Å². The first kappa shape index (κ1) is 56.6. The van der Waals surface area contributed by atoms with Crippen molar-refractivity contribution in [1.82, 2.24) is 0 Å². The Morgan fingerprint density at radius 3 is 1.60 bits per heavy atom. The van der Waals surface area contributed by atoms with Crippen LogP contribution in [0.15, 0.2) is 109 Å². The van der Waals surface area contributed by atoms with Gasteiger partial charge in [0.1, 0.15) is 12.7 Å². The molecule has 0 aromatic rings. The van der Waals surface area contributed by atoms with Crippen LogP contribution >= 0.6 is 7.82 Å². The quantitative estimate of drug-likeness (QED) is 0.0177. The van der Waals surface area contributed by atoms with Gasteiger partial charge in [0.25, 0.3) is 0 Å². The molecule has 0 aromatic heterocycles. The van der Waals surface area contributed by atoms with Crippen LogP contribution in [0, 0.1) is 0 Å². The third-order valence-corrected chi connectivity index (χ3v) is 10.3. The molecule has 1 fully saturated rings. The topological polar surface area (TPSA) is 161 Å². The number of carbonyl (C=O) groups is 2. The summed E-state index contributed by atoms with van der Waals surface area (Å²) in [6.45, 7) is 2.08. The third-order valence-electron chi connectivity index (χ3n) is 9.33. The number of hydrogen-bond acceptors (Lipinski definition) is 10. The summed E-state index contributed by atoms with van der Waals surface area (Å²) >= 11 is 0. The standard InChI is InChI=1S/C50H79O11P/c1-3-5-7-8-9-10-11-12-13-14-15-16-17-18-23-26-29-32-36-40-50(54)60-46(44-59-62(55,56)58-42-45(52)41-51)43-57-49(53)39-35-31-28-25-22-20-19-21-24-27-30-34-38-48-47(61-48)37-33-6-4-2/h6,9-10,12-13,15-16,18,20-24,28,30-31,33-34,45-48,51-52H,3-5,7-8,11,14,17,19,25-27,29,32,35-44H2,1-2H3,(H,55,56)/b10-9-,13-12-,16-15-,22-20-,23-18-,24-21-,31-28-,33-6-,34-30-/t45-,46+,47?,48?/m0/s1. The molecule has 62 heavy (non-hydrogen) atoms. The van der Waals surface area contributed by atoms with Crippen molar-refractivity contribution in [2.45, 2.75) is 167 Å². The van der Waals surface area contributed by atoms with E-state index in [1.807, 2.05) is 12.2 Å². The molecule has 1 saturated heterocycles. The minimum Gasteiger partial charge on any atom is -0.462 e. The molecule has 1 aliphatic heterocycles. The summed E-state index contributed by atoms with van der Waals surface area (Å²) in [6, 6.07) is 0. The van der Waals surface area contributed by atoms with Crippen LogP contribution in [0.3, 0.4) is 0 Å². The van der Waals surface area contributed by atoms with Crippen molar-refractivity contribution in [3.05, 3.63) is 109 Å². The summed E-state index contributed by atoms with van der Waals surface area (Å²) < 4.78 is 38.3. The largest absolute Gasteiger partial charge is 0.472 e. The maximum absolute atomic E-state index is 12.6. The Hall–Kier alpha value is -3.41. The summed E-state index contributed by atoms with van der Waals surface area (Å²) in [6.07, 6.45) is 53.9. The van der Waals surface area contributed by atoms with Gasteiger partial charge in [0.15, 0.2) is 6.10 Å². The second kappa shape index (κ2) is 40.4. The predicted molar refractivity (Wildman–Crippen MR) is 250 cm³/mol. The lowest BCUT2D eigenvalue weighted by Crippen LogP contribution is -2.29. The van der Waals surface area contributed by atoms with Crippen molar-refractivity contribution in [2.24, 2.45) is 0 Å². The second-order valence-electron chi connectivity index (χ2n) is 15.1. The fourth-order valence-corrected chi connectivity index (χ4v) is 6.48. The molecular weight excluding hydrogens is 808 g/mol. The van der Waals surface area contributed by atoms with Crippen LogP contribution < -0.4 is 0 Å². The number of phosphoric acid groups is 1. The Morgan fingerprint density at radius 2 is 1.06 bits per heavy atom. The first-order chi connectivity index (χ1) is 30.2. The number of unbranched alkanes of at least 4 members (excludes halogenated alkanes) is 6. The van der Waals surface area contributed by atoms with Gasteiger partial charge < -0.3 is 29.3 Å². The predicted octanol–water partition coefficient (Wildman–Crippen LogP) is 11.5. The lowest BCUT2D eigenvalue weighted by molar-refractivity contribution is -0.161. The molecule has 0 saturated carbocycles. The zero-order valence-corrected chi connectivity index (χ0v) is 38.6. The highest BCUT2D eigenvalue weighted by Crippen LogP contribution is 2.43. The van der Waals surface area contributed by atoms with Gasteiger partial charge in [0.05, 0.1) is 32.0 Å². The van der Waals surface area contributed by atoms with Crippen LogP contribution in [-0.2, 0) is 37.4 Å². The van der Waals surface area contributed by atoms with E-state index in [-0.39, 0.29) is 19.4 Å². The van der Waals surface area contributed by atoms with Gasteiger partial charge in [-0.15, -0.1) is 0 Å². The number of aliphatic hydroxyl groups is 2. The molecule has 1 aliphatic rings. The Morgan fingerprint density at radius 1 is 0.581 bits per heavy atom. The Bertz CT molecular complexity index is 1460. The van der Waals surface area contributed by atoms with E-state index in [0.717, 1.165) is 77.0 Å². The third kappa shape index (κ3) is 37.2. The van der Waals surface area contributed by atoms with E-state index in [1.165, 1.54) is 25.7 Å². The van der Waals surface area contributed by atoms with E-state index in [4.69, 9.17) is 23.8 Å². The zero-order chi connectivity index (χ0) is 45.2. The highest BCUT2D eigenvalue weighted by molar-refractivity contribution is 7.47. The van der Waals surface area contributed by atoms with Crippen molar-refractivity contribution in [1.29, 1.82) is 0 Å². The van der Waals surface area contributed by atoms with E-state index in [2.05, 4.69) is 116 Å². The van der Waals surface area contributed by atoms with Gasteiger partial charge in [0, 0.05) is 12.8 Å². The smallest absolute Gasteiger partial charge is 0.462 e. The highest BCUT2D eigenvalue weighted by Gasteiger charge is 2.36. The molecule has 5 atom stereocenters. The molecule has 12 heteroatoms. The molecule has 11 nitrogen and oxygen atoms in total. The van der Waals surface area contributed by atoms with E-state index < -0.39 is 51.8 Å². The Kier molecular flexibility index (Phi) is 36.9. The number of esters is 2. The normalized spacial score (nSPS) is 18.0. The minimum atomic E-state index is -4.66. The minimum absolute atomic E-state index is 0.0987. The lowest BCUT2D eigenvalue weighted by Gasteiger charge is -2.20. The fraction of sp³-hybridized carbons (Fsp3) is 0.600. The molecule has 3 unspecified atom stereocenters. The zero-order valence-electron chi connectivity index (χ0n) is 37.7. The van der Waals surface area contributed by atoms with Crippen molar-refractivity contribution in [3.63, 3.8) is 0 Å². The maximum atomic E-state index is 12.6. The van der Waals surface area contributed by atoms with Crippen molar-refractivity contribution < 1.29 is 52.5 Å². The lowest BCUT2D eigenvalue weighted by atomic mass is 10.1. The molecule has 0 aromatic carbocycles. The van der Waals surface area contributed by atoms with Crippen LogP contribution in [-0.4, -0.2) is 77.9 Å². The maximum Gasteiger partial charge on any atom is 0.472 e. The van der Waals surface area contributed by atoms with Gasteiger partial charge in [-0.2, -0.15) is 0 Å². The van der Waals surface area contributed by atoms with Crippen LogP contribution in [0.2, 0.25) is 0 Å². The number of ether oxygens (including phenoxy) is 3. The molecule has 350 valence electrons. The molecule has 0 bridgehead atoms. The molecule has 1 rings (SSSR count). The van der Waals surface area contributed by atoms with E-state index in [0.29, 0.717) is 25.0 Å². The summed E-state index contributed by atoms with van der Waals surface area (Å²) in [5.74, 6) is -1.07. The SMILES string of the molecule is CC/C=C\CC1OC1C/C=C\C/C=C\C/C=C\C/C=C\CCC(=O)OC[C@H](COP(=O)(O)OC[C@@H](O)CO)OC(=O)CCCCC/C=C\C/C=C\C/C=C\C/C=C\CCCCC. The summed E-state index contributed by atoms with van der Waals surface area (Å²) in [4.78, 5) is 35.0. The van der Waals surface area contributed by atoms with E-state index in [1.54, 1.807) is 0 Å². The number of hydrogen-bond donors (Lipinski definition) is 3. The number of epoxide rings is 1. The van der Waals surface area contributed by atoms with Gasteiger partial charge in [-0.25, -0.2) is 4.57 Å². The van der Waals surface area contributed by atoms with Crippen LogP contribution in [0.1, 0.15) is 142 Å². The number of allylic oxidation sites excluding steroid dienone is 16. The van der Waals surface area contributed by atoms with Gasteiger partial charge in [-0.05, 0) is 96.3 Å². The fourth-order valence-electron chi connectivity index (χ4n) is 5.69. The molecule has 1 heterocycles. The molecule has 0 spiro atoms. The average molecular weight is 887 g/mol. The van der Waals surface area contributed by atoms with Crippen molar-refractivity contribution in [2.75, 3.05) is 26.4 Å². The Balaban J connectivity index is 2.31. The summed E-state index contributed by atoms with van der Waals surface area (Å²) in [7, 11) is -4.66. The van der Waals surface area contributed by atoms with Gasteiger partial charge in [-0.1, -0.05) is 142 Å². The highest BCUT2D eigenvalue weighted by atomic mass is 31.2. The van der Waals surface area contributed by atoms with E-state index >= 15 is 0 Å². The second-order valence-corrected chi connectivity index (χ2v) is 16.5. The van der Waals surface area contributed by atoms with E-state index in [9.17, 15) is 24.2 Å². The summed E-state index contributed by atoms with van der Waals surface area (Å²) in [5.41, 5.74) is 0. The van der Waals surface area contributed by atoms with Crippen molar-refractivity contribution >= 4 is 19.8 Å². The van der Waals surface area contributed by atoms with Gasteiger partial charge in [0.2, 0.25) is 0 Å².